The summed E-state index contributed by atoms with van der Waals surface area (Å²) in [6.07, 6.45) is 4.56. The second-order valence-corrected chi connectivity index (χ2v) is 7.36. The zero-order chi connectivity index (χ0) is 23.4. The SMILES string of the molecule is COCCNC(=O)Cn1cc(/C=C2/C(=O)NC(=O)N(Cc3ccco3)C2=O)c2ccccc21. The topological polar surface area (TPSA) is 123 Å². The Kier molecular flexibility index (Phi) is 6.36. The monoisotopic (exact) mass is 450 g/mol. The van der Waals surface area contributed by atoms with E-state index in [1.807, 2.05) is 24.3 Å². The fraction of sp³-hybridized carbons (Fsp3) is 0.217. The Morgan fingerprint density at radius 2 is 2.00 bits per heavy atom. The number of fused-ring (bicyclic) bond motifs is 1. The zero-order valence-corrected chi connectivity index (χ0v) is 17.9. The molecular weight excluding hydrogens is 428 g/mol. The van der Waals surface area contributed by atoms with Crippen molar-refractivity contribution in [1.29, 1.82) is 0 Å². The lowest BCUT2D eigenvalue weighted by Crippen LogP contribution is -2.53. The van der Waals surface area contributed by atoms with Crippen LogP contribution in [0.25, 0.3) is 17.0 Å². The van der Waals surface area contributed by atoms with Gasteiger partial charge < -0.3 is 19.0 Å². The van der Waals surface area contributed by atoms with E-state index in [4.69, 9.17) is 9.15 Å². The van der Waals surface area contributed by atoms with E-state index in [9.17, 15) is 19.2 Å². The molecule has 0 unspecified atom stereocenters. The minimum atomic E-state index is -0.811. The third-order valence-electron chi connectivity index (χ3n) is 5.14. The first-order chi connectivity index (χ1) is 16.0. The predicted molar refractivity (Wildman–Crippen MR) is 118 cm³/mol. The Morgan fingerprint density at radius 1 is 1.18 bits per heavy atom. The van der Waals surface area contributed by atoms with Gasteiger partial charge in [-0.15, -0.1) is 0 Å². The average molecular weight is 450 g/mol. The molecule has 5 amide bonds. The van der Waals surface area contributed by atoms with Crippen molar-refractivity contribution in [2.75, 3.05) is 20.3 Å². The van der Waals surface area contributed by atoms with E-state index in [0.717, 1.165) is 15.8 Å². The lowest BCUT2D eigenvalue weighted by atomic mass is 10.1. The number of urea groups is 1. The number of methoxy groups -OCH3 is 1. The first-order valence-electron chi connectivity index (χ1n) is 10.2. The number of ether oxygens (including phenoxy) is 1. The summed E-state index contributed by atoms with van der Waals surface area (Å²) in [6.45, 7) is 0.738. The minimum Gasteiger partial charge on any atom is -0.467 e. The maximum Gasteiger partial charge on any atom is 0.331 e. The lowest BCUT2D eigenvalue weighted by Gasteiger charge is -2.25. The summed E-state index contributed by atoms with van der Waals surface area (Å²) in [5, 5.41) is 5.71. The number of hydrogen-bond acceptors (Lipinski definition) is 6. The van der Waals surface area contributed by atoms with Crippen molar-refractivity contribution in [2.24, 2.45) is 0 Å². The van der Waals surface area contributed by atoms with Gasteiger partial charge in [0.1, 0.15) is 17.9 Å². The molecule has 1 saturated heterocycles. The van der Waals surface area contributed by atoms with E-state index in [0.29, 0.717) is 24.5 Å². The number of carbonyl (C=O) groups is 4. The molecule has 0 spiro atoms. The third kappa shape index (κ3) is 4.70. The molecule has 1 aliphatic rings. The van der Waals surface area contributed by atoms with Crippen LogP contribution in [0.1, 0.15) is 11.3 Å². The van der Waals surface area contributed by atoms with Gasteiger partial charge >= 0.3 is 6.03 Å². The summed E-state index contributed by atoms with van der Waals surface area (Å²) in [4.78, 5) is 50.9. The number of aromatic nitrogens is 1. The number of hydrogen-bond donors (Lipinski definition) is 2. The number of imide groups is 2. The quantitative estimate of drug-likeness (QED) is 0.306. The van der Waals surface area contributed by atoms with E-state index in [2.05, 4.69) is 10.6 Å². The van der Waals surface area contributed by atoms with Gasteiger partial charge in [0, 0.05) is 36.3 Å². The van der Waals surface area contributed by atoms with Gasteiger partial charge in [-0.2, -0.15) is 0 Å². The van der Waals surface area contributed by atoms with Gasteiger partial charge in [-0.25, -0.2) is 4.79 Å². The number of amides is 5. The van der Waals surface area contributed by atoms with Gasteiger partial charge in [-0.05, 0) is 24.3 Å². The Balaban J connectivity index is 1.64. The highest BCUT2D eigenvalue weighted by Crippen LogP contribution is 2.25. The van der Waals surface area contributed by atoms with Crippen LogP contribution >= 0.6 is 0 Å². The molecule has 1 aliphatic heterocycles. The van der Waals surface area contributed by atoms with Crippen molar-refractivity contribution in [3.8, 4) is 0 Å². The van der Waals surface area contributed by atoms with Gasteiger partial charge in [-0.3, -0.25) is 24.6 Å². The van der Waals surface area contributed by atoms with Crippen LogP contribution in [-0.4, -0.2) is 53.5 Å². The van der Waals surface area contributed by atoms with Crippen LogP contribution in [-0.2, 0) is 32.2 Å². The molecule has 2 N–H and O–H groups in total. The Bertz CT molecular complexity index is 1240. The summed E-state index contributed by atoms with van der Waals surface area (Å²) >= 11 is 0. The molecule has 33 heavy (non-hydrogen) atoms. The molecule has 3 heterocycles. The normalized spacial score (nSPS) is 15.4. The fourth-order valence-electron chi connectivity index (χ4n) is 3.58. The molecular formula is C23H22N4O6. The number of benzene rings is 1. The predicted octanol–water partition coefficient (Wildman–Crippen LogP) is 1.66. The van der Waals surface area contributed by atoms with Crippen LogP contribution in [0.15, 0.2) is 58.8 Å². The van der Waals surface area contributed by atoms with E-state index in [-0.39, 0.29) is 24.6 Å². The fourth-order valence-corrected chi connectivity index (χ4v) is 3.58. The Morgan fingerprint density at radius 3 is 2.76 bits per heavy atom. The van der Waals surface area contributed by atoms with Crippen molar-refractivity contribution in [3.63, 3.8) is 0 Å². The highest BCUT2D eigenvalue weighted by molar-refractivity contribution is 6.31. The molecule has 4 rings (SSSR count). The molecule has 0 atom stereocenters. The number of para-hydroxylation sites is 1. The summed E-state index contributed by atoms with van der Waals surface area (Å²) < 4.78 is 11.9. The average Bonchev–Trinajstić information content (AvgIpc) is 3.43. The van der Waals surface area contributed by atoms with E-state index >= 15 is 0 Å². The van der Waals surface area contributed by atoms with Crippen LogP contribution in [0.2, 0.25) is 0 Å². The smallest absolute Gasteiger partial charge is 0.331 e. The summed E-state index contributed by atoms with van der Waals surface area (Å²) in [7, 11) is 1.55. The number of furan rings is 1. The van der Waals surface area contributed by atoms with Crippen LogP contribution in [0.5, 0.6) is 0 Å². The second kappa shape index (κ2) is 9.53. The number of nitrogens with one attached hydrogen (secondary N) is 2. The van der Waals surface area contributed by atoms with Crippen LogP contribution in [0.3, 0.4) is 0 Å². The lowest BCUT2D eigenvalue weighted by molar-refractivity contribution is -0.130. The van der Waals surface area contributed by atoms with Crippen LogP contribution in [0, 0.1) is 0 Å². The van der Waals surface area contributed by atoms with Crippen molar-refractivity contribution >= 4 is 40.7 Å². The molecule has 170 valence electrons. The van der Waals surface area contributed by atoms with E-state index < -0.39 is 17.8 Å². The summed E-state index contributed by atoms with van der Waals surface area (Å²) in [5.41, 5.74) is 1.15. The standard InChI is InChI=1S/C23H22N4O6/c1-32-10-8-24-20(28)14-26-12-15(17-6-2-3-7-19(17)26)11-18-21(29)25-23(31)27(22(18)30)13-16-5-4-9-33-16/h2-7,9,11-12H,8,10,13-14H2,1H3,(H,24,28)(H,25,29,31)/b18-11-. The molecule has 1 aromatic carbocycles. The molecule has 2 aromatic heterocycles. The van der Waals surface area contributed by atoms with Crippen molar-refractivity contribution in [3.05, 3.63) is 65.8 Å². The number of carbonyl (C=O) groups excluding carboxylic acids is 4. The molecule has 1 fully saturated rings. The van der Waals surface area contributed by atoms with Gasteiger partial charge in [0.05, 0.1) is 19.4 Å². The van der Waals surface area contributed by atoms with E-state index in [1.54, 1.807) is 30.0 Å². The molecule has 3 aromatic rings. The van der Waals surface area contributed by atoms with Gasteiger partial charge in [0.2, 0.25) is 5.91 Å². The first kappa shape index (κ1) is 22.0. The van der Waals surface area contributed by atoms with Crippen molar-refractivity contribution in [1.82, 2.24) is 20.1 Å². The summed E-state index contributed by atoms with van der Waals surface area (Å²) in [5.74, 6) is -1.30. The first-order valence-corrected chi connectivity index (χ1v) is 10.2. The molecule has 10 heteroatoms. The maximum atomic E-state index is 13.0. The Labute approximate surface area is 188 Å². The van der Waals surface area contributed by atoms with Crippen LogP contribution in [0.4, 0.5) is 4.79 Å². The maximum absolute atomic E-state index is 13.0. The largest absolute Gasteiger partial charge is 0.467 e. The molecule has 0 radical (unpaired) electrons. The van der Waals surface area contributed by atoms with Gasteiger partial charge in [-0.1, -0.05) is 18.2 Å². The Hall–Kier alpha value is -4.18. The molecule has 0 bridgehead atoms. The minimum absolute atomic E-state index is 0.0522. The van der Waals surface area contributed by atoms with Gasteiger partial charge in [0.25, 0.3) is 11.8 Å². The number of barbiturate groups is 1. The second-order valence-electron chi connectivity index (χ2n) is 7.36. The van der Waals surface area contributed by atoms with Crippen molar-refractivity contribution in [2.45, 2.75) is 13.1 Å². The molecule has 10 nitrogen and oxygen atoms in total. The highest BCUT2D eigenvalue weighted by atomic mass is 16.5. The number of rotatable bonds is 8. The third-order valence-corrected chi connectivity index (χ3v) is 5.14. The highest BCUT2D eigenvalue weighted by Gasteiger charge is 2.36. The number of nitrogens with zero attached hydrogens (tertiary/aromatic N) is 2. The zero-order valence-electron chi connectivity index (χ0n) is 17.9. The van der Waals surface area contributed by atoms with Crippen molar-refractivity contribution < 1.29 is 28.3 Å². The summed E-state index contributed by atoms with van der Waals surface area (Å²) in [6, 6.07) is 9.79. The van der Waals surface area contributed by atoms with Gasteiger partial charge in [0.15, 0.2) is 0 Å². The molecule has 0 aliphatic carbocycles. The van der Waals surface area contributed by atoms with Crippen LogP contribution < -0.4 is 10.6 Å². The van der Waals surface area contributed by atoms with E-state index in [1.165, 1.54) is 12.3 Å². The molecule has 0 saturated carbocycles.